The Morgan fingerprint density at radius 2 is 1.63 bits per heavy atom. The van der Waals surface area contributed by atoms with Crippen LogP contribution in [0, 0.1) is 0 Å². The molecule has 3 nitrogen and oxygen atoms in total. The summed E-state index contributed by atoms with van der Waals surface area (Å²) in [4.78, 5) is 0. The summed E-state index contributed by atoms with van der Waals surface area (Å²) in [5.41, 5.74) is 0. The highest BCUT2D eigenvalue weighted by Crippen LogP contribution is 2.09. The van der Waals surface area contributed by atoms with Gasteiger partial charge in [0.25, 0.3) is 0 Å². The average molecular weight is 266 g/mol. The molecule has 0 aliphatic rings. The third-order valence-electron chi connectivity index (χ3n) is 2.74. The molecule has 1 rings (SSSR count). The number of benzene rings is 1. The summed E-state index contributed by atoms with van der Waals surface area (Å²) >= 11 is 0. The number of unbranched alkanes of at least 4 members (excludes halogenated alkanes) is 1. The van der Waals surface area contributed by atoms with Gasteiger partial charge in [-0.25, -0.2) is 0 Å². The summed E-state index contributed by atoms with van der Waals surface area (Å²) in [6, 6.07) is 9.80. The SMILES string of the molecule is CCCCOC(C)COC(C)COc1ccccc1. The highest BCUT2D eigenvalue weighted by Gasteiger charge is 2.07. The molecule has 0 N–H and O–H groups in total. The number of rotatable bonds is 10. The number of hydrogen-bond acceptors (Lipinski definition) is 3. The van der Waals surface area contributed by atoms with Crippen LogP contribution in [0.5, 0.6) is 5.75 Å². The van der Waals surface area contributed by atoms with Crippen LogP contribution in [0.4, 0.5) is 0 Å². The molecule has 0 radical (unpaired) electrons. The van der Waals surface area contributed by atoms with Crippen LogP contribution in [0.1, 0.15) is 33.6 Å². The smallest absolute Gasteiger partial charge is 0.119 e. The maximum Gasteiger partial charge on any atom is 0.119 e. The average Bonchev–Trinajstić information content (AvgIpc) is 2.44. The van der Waals surface area contributed by atoms with Gasteiger partial charge in [0.1, 0.15) is 12.4 Å². The van der Waals surface area contributed by atoms with Crippen LogP contribution in [0.25, 0.3) is 0 Å². The lowest BCUT2D eigenvalue weighted by Gasteiger charge is -2.18. The second kappa shape index (κ2) is 9.82. The molecule has 0 saturated carbocycles. The van der Waals surface area contributed by atoms with Crippen molar-refractivity contribution in [2.75, 3.05) is 19.8 Å². The quantitative estimate of drug-likeness (QED) is 0.605. The van der Waals surface area contributed by atoms with Gasteiger partial charge in [-0.15, -0.1) is 0 Å². The van der Waals surface area contributed by atoms with Crippen molar-refractivity contribution in [3.63, 3.8) is 0 Å². The highest BCUT2D eigenvalue weighted by molar-refractivity contribution is 5.20. The molecule has 0 amide bonds. The second-order valence-electron chi connectivity index (χ2n) is 4.80. The molecular formula is C16H26O3. The van der Waals surface area contributed by atoms with Crippen LogP contribution in [0.2, 0.25) is 0 Å². The molecule has 3 heteroatoms. The molecule has 0 spiro atoms. The Hall–Kier alpha value is -1.06. The zero-order chi connectivity index (χ0) is 13.9. The summed E-state index contributed by atoms with van der Waals surface area (Å²) in [5, 5.41) is 0. The standard InChI is InChI=1S/C16H26O3/c1-4-5-11-17-14(2)12-18-15(3)13-19-16-9-7-6-8-10-16/h6-10,14-15H,4-5,11-13H2,1-3H3. The molecule has 2 atom stereocenters. The fourth-order valence-corrected chi connectivity index (χ4v) is 1.56. The molecule has 0 bridgehead atoms. The van der Waals surface area contributed by atoms with Gasteiger partial charge in [-0.05, 0) is 32.4 Å². The van der Waals surface area contributed by atoms with E-state index in [1.54, 1.807) is 0 Å². The first-order valence-electron chi connectivity index (χ1n) is 7.13. The van der Waals surface area contributed by atoms with Crippen LogP contribution >= 0.6 is 0 Å². The first kappa shape index (κ1) is 16.0. The Morgan fingerprint density at radius 1 is 0.947 bits per heavy atom. The second-order valence-corrected chi connectivity index (χ2v) is 4.80. The summed E-state index contributed by atoms with van der Waals surface area (Å²) in [5.74, 6) is 0.880. The van der Waals surface area contributed by atoms with Gasteiger partial charge in [0.05, 0.1) is 18.8 Å². The molecule has 0 aliphatic carbocycles. The first-order chi connectivity index (χ1) is 9.22. The van der Waals surface area contributed by atoms with Crippen LogP contribution in [0.3, 0.4) is 0 Å². The van der Waals surface area contributed by atoms with E-state index in [1.165, 1.54) is 0 Å². The van der Waals surface area contributed by atoms with Gasteiger partial charge in [-0.2, -0.15) is 0 Å². The molecule has 1 aromatic carbocycles. The summed E-state index contributed by atoms with van der Waals surface area (Å²) < 4.78 is 17.0. The summed E-state index contributed by atoms with van der Waals surface area (Å²) in [6.07, 6.45) is 2.48. The van der Waals surface area contributed by atoms with Gasteiger partial charge < -0.3 is 14.2 Å². The lowest BCUT2D eigenvalue weighted by molar-refractivity contribution is -0.0428. The number of ether oxygens (including phenoxy) is 3. The molecule has 0 aliphatic heterocycles. The molecule has 0 saturated heterocycles. The van der Waals surface area contributed by atoms with Crippen molar-refractivity contribution < 1.29 is 14.2 Å². The van der Waals surface area contributed by atoms with Crippen molar-refractivity contribution in [2.24, 2.45) is 0 Å². The van der Waals surface area contributed by atoms with Crippen LogP contribution in [0.15, 0.2) is 30.3 Å². The van der Waals surface area contributed by atoms with Crippen molar-refractivity contribution in [3.05, 3.63) is 30.3 Å². The Labute approximate surface area is 116 Å². The number of hydrogen-bond donors (Lipinski definition) is 0. The van der Waals surface area contributed by atoms with Gasteiger partial charge in [0.2, 0.25) is 0 Å². The van der Waals surface area contributed by atoms with Crippen LogP contribution in [-0.4, -0.2) is 32.0 Å². The van der Waals surface area contributed by atoms with Gasteiger partial charge in [0, 0.05) is 6.61 Å². The van der Waals surface area contributed by atoms with Crippen molar-refractivity contribution in [2.45, 2.75) is 45.8 Å². The minimum atomic E-state index is 0.0671. The normalized spacial score (nSPS) is 14.1. The predicted molar refractivity (Wildman–Crippen MR) is 77.7 cm³/mol. The molecule has 19 heavy (non-hydrogen) atoms. The lowest BCUT2D eigenvalue weighted by atomic mass is 10.3. The van der Waals surface area contributed by atoms with Crippen LogP contribution in [-0.2, 0) is 9.47 Å². The van der Waals surface area contributed by atoms with Crippen LogP contribution < -0.4 is 4.74 Å². The molecule has 0 fully saturated rings. The van der Waals surface area contributed by atoms with E-state index in [9.17, 15) is 0 Å². The molecule has 108 valence electrons. The third-order valence-corrected chi connectivity index (χ3v) is 2.74. The third kappa shape index (κ3) is 7.85. The van der Waals surface area contributed by atoms with Crippen molar-refractivity contribution in [3.8, 4) is 5.75 Å². The largest absolute Gasteiger partial charge is 0.491 e. The molecule has 2 unspecified atom stereocenters. The Kier molecular flexibility index (Phi) is 8.26. The first-order valence-corrected chi connectivity index (χ1v) is 7.13. The van der Waals surface area contributed by atoms with Crippen molar-refractivity contribution in [1.29, 1.82) is 0 Å². The van der Waals surface area contributed by atoms with E-state index in [1.807, 2.05) is 44.2 Å². The van der Waals surface area contributed by atoms with Crippen molar-refractivity contribution in [1.82, 2.24) is 0 Å². The van der Waals surface area contributed by atoms with E-state index < -0.39 is 0 Å². The minimum absolute atomic E-state index is 0.0671. The Bertz CT molecular complexity index is 313. The zero-order valence-corrected chi connectivity index (χ0v) is 12.3. The minimum Gasteiger partial charge on any atom is -0.491 e. The highest BCUT2D eigenvalue weighted by atomic mass is 16.6. The van der Waals surface area contributed by atoms with E-state index in [2.05, 4.69) is 6.92 Å². The Morgan fingerprint density at radius 3 is 2.32 bits per heavy atom. The monoisotopic (exact) mass is 266 g/mol. The molecule has 0 heterocycles. The van der Waals surface area contributed by atoms with Crippen molar-refractivity contribution >= 4 is 0 Å². The maximum absolute atomic E-state index is 5.71. The summed E-state index contributed by atoms with van der Waals surface area (Å²) in [6.45, 7) is 8.21. The maximum atomic E-state index is 5.71. The summed E-state index contributed by atoms with van der Waals surface area (Å²) in [7, 11) is 0. The van der Waals surface area contributed by atoms with Gasteiger partial charge >= 0.3 is 0 Å². The molecule has 0 aromatic heterocycles. The molecule has 1 aromatic rings. The molecular weight excluding hydrogens is 240 g/mol. The number of para-hydroxylation sites is 1. The fourth-order valence-electron chi connectivity index (χ4n) is 1.56. The lowest BCUT2D eigenvalue weighted by Crippen LogP contribution is -2.24. The zero-order valence-electron chi connectivity index (χ0n) is 12.3. The van der Waals surface area contributed by atoms with E-state index >= 15 is 0 Å². The van der Waals surface area contributed by atoms with E-state index in [0.29, 0.717) is 13.2 Å². The van der Waals surface area contributed by atoms with E-state index in [-0.39, 0.29) is 12.2 Å². The van der Waals surface area contributed by atoms with E-state index in [4.69, 9.17) is 14.2 Å². The van der Waals surface area contributed by atoms with Gasteiger partial charge in [0.15, 0.2) is 0 Å². The van der Waals surface area contributed by atoms with Gasteiger partial charge in [-0.3, -0.25) is 0 Å². The fraction of sp³-hybridized carbons (Fsp3) is 0.625. The predicted octanol–water partition coefficient (Wildman–Crippen LogP) is 3.68. The van der Waals surface area contributed by atoms with Gasteiger partial charge in [-0.1, -0.05) is 31.5 Å². The van der Waals surface area contributed by atoms with E-state index in [0.717, 1.165) is 25.2 Å². The topological polar surface area (TPSA) is 27.7 Å². The Balaban J connectivity index is 2.09.